The van der Waals surface area contributed by atoms with E-state index in [1.807, 2.05) is 30.5 Å². The van der Waals surface area contributed by atoms with Crippen LogP contribution in [0.5, 0.6) is 0 Å². The molecule has 0 saturated carbocycles. The van der Waals surface area contributed by atoms with Gasteiger partial charge in [-0.05, 0) is 72.8 Å². The monoisotopic (exact) mass is 387 g/mol. The van der Waals surface area contributed by atoms with Crippen LogP contribution in [0.3, 0.4) is 0 Å². The topological polar surface area (TPSA) is 28.2 Å². The van der Waals surface area contributed by atoms with Gasteiger partial charge in [0.2, 0.25) is 0 Å². The maximum atomic E-state index is 4.38. The van der Waals surface area contributed by atoms with Crippen LogP contribution in [0.2, 0.25) is 0 Å². The number of pyridine rings is 1. The van der Waals surface area contributed by atoms with Gasteiger partial charge in [0, 0.05) is 40.0 Å². The van der Waals surface area contributed by atoms with Crippen molar-refractivity contribution in [3.05, 3.63) is 121 Å². The second kappa shape index (κ2) is 8.10. The van der Waals surface area contributed by atoms with Crippen molar-refractivity contribution in [3.63, 3.8) is 0 Å². The summed E-state index contributed by atoms with van der Waals surface area (Å²) in [4.78, 5) is 6.64. The SMILES string of the molecule is c1ccc(N(c2ccccc2)c2ccc(Nc3ccc4ncccc4c3)cc2)cc1. The Morgan fingerprint density at radius 2 is 1.13 bits per heavy atom. The van der Waals surface area contributed by atoms with Gasteiger partial charge < -0.3 is 10.2 Å². The second-order valence-electron chi connectivity index (χ2n) is 7.09. The number of nitrogens with zero attached hydrogens (tertiary/aromatic N) is 2. The van der Waals surface area contributed by atoms with Gasteiger partial charge in [-0.3, -0.25) is 4.98 Å². The van der Waals surface area contributed by atoms with Gasteiger partial charge in [-0.15, -0.1) is 0 Å². The Hall–Kier alpha value is -4.11. The molecule has 0 radical (unpaired) electrons. The first-order valence-corrected chi connectivity index (χ1v) is 9.99. The van der Waals surface area contributed by atoms with Crippen LogP contribution in [0.25, 0.3) is 10.9 Å². The molecule has 0 atom stereocenters. The Morgan fingerprint density at radius 1 is 0.533 bits per heavy atom. The number of anilines is 5. The van der Waals surface area contributed by atoms with Gasteiger partial charge in [-0.2, -0.15) is 0 Å². The lowest BCUT2D eigenvalue weighted by Gasteiger charge is -2.25. The van der Waals surface area contributed by atoms with Gasteiger partial charge in [-0.25, -0.2) is 0 Å². The molecule has 0 spiro atoms. The van der Waals surface area contributed by atoms with Gasteiger partial charge in [0.05, 0.1) is 5.52 Å². The van der Waals surface area contributed by atoms with Crippen LogP contribution in [0.4, 0.5) is 28.4 Å². The molecule has 0 bridgehead atoms. The summed E-state index contributed by atoms with van der Waals surface area (Å²) in [7, 11) is 0. The number of benzene rings is 4. The minimum atomic E-state index is 1.000. The summed E-state index contributed by atoms with van der Waals surface area (Å²) in [5, 5.41) is 4.62. The Kier molecular flexibility index (Phi) is 4.84. The molecule has 0 saturated heterocycles. The largest absolute Gasteiger partial charge is 0.356 e. The first kappa shape index (κ1) is 18.0. The van der Waals surface area contributed by atoms with Crippen LogP contribution in [-0.2, 0) is 0 Å². The number of hydrogen-bond donors (Lipinski definition) is 1. The Morgan fingerprint density at radius 3 is 1.80 bits per heavy atom. The highest BCUT2D eigenvalue weighted by atomic mass is 15.1. The molecule has 30 heavy (non-hydrogen) atoms. The van der Waals surface area contributed by atoms with Crippen molar-refractivity contribution in [2.24, 2.45) is 0 Å². The van der Waals surface area contributed by atoms with Crippen LogP contribution in [0, 0.1) is 0 Å². The molecule has 0 fully saturated rings. The maximum Gasteiger partial charge on any atom is 0.0703 e. The molecular weight excluding hydrogens is 366 g/mol. The zero-order chi connectivity index (χ0) is 20.2. The number of rotatable bonds is 5. The molecule has 1 N–H and O–H groups in total. The molecule has 5 rings (SSSR count). The van der Waals surface area contributed by atoms with Crippen LogP contribution < -0.4 is 10.2 Å². The summed E-state index contributed by atoms with van der Waals surface area (Å²) >= 11 is 0. The van der Waals surface area contributed by atoms with E-state index in [1.165, 1.54) is 0 Å². The zero-order valence-corrected chi connectivity index (χ0v) is 16.4. The fraction of sp³-hybridized carbons (Fsp3) is 0. The molecule has 0 aliphatic heterocycles. The van der Waals surface area contributed by atoms with Crippen molar-refractivity contribution in [3.8, 4) is 0 Å². The standard InChI is InChI=1S/C27H21N3/c1-3-9-24(10-4-1)30(25-11-5-2-6-12-25)26-16-13-22(14-17-26)29-23-15-18-27-21(20-23)8-7-19-28-27/h1-20,29H. The van der Waals surface area contributed by atoms with Crippen molar-refractivity contribution in [1.82, 2.24) is 4.98 Å². The van der Waals surface area contributed by atoms with Gasteiger partial charge in [0.15, 0.2) is 0 Å². The average Bonchev–Trinajstić information content (AvgIpc) is 2.82. The fourth-order valence-electron chi connectivity index (χ4n) is 3.62. The van der Waals surface area contributed by atoms with Gasteiger partial charge in [-0.1, -0.05) is 42.5 Å². The van der Waals surface area contributed by atoms with Gasteiger partial charge >= 0.3 is 0 Å². The normalized spacial score (nSPS) is 10.7. The second-order valence-corrected chi connectivity index (χ2v) is 7.09. The first-order valence-electron chi connectivity index (χ1n) is 9.99. The molecule has 0 aliphatic carbocycles. The van der Waals surface area contributed by atoms with E-state index in [2.05, 4.69) is 106 Å². The van der Waals surface area contributed by atoms with Crippen molar-refractivity contribution >= 4 is 39.3 Å². The molecule has 1 aromatic heterocycles. The average molecular weight is 387 g/mol. The van der Waals surface area contributed by atoms with E-state index in [0.717, 1.165) is 39.3 Å². The Bertz CT molecular complexity index is 1210. The van der Waals surface area contributed by atoms with E-state index in [1.54, 1.807) is 0 Å². The summed E-state index contributed by atoms with van der Waals surface area (Å²) in [5.41, 5.74) is 6.47. The molecule has 144 valence electrons. The number of aromatic nitrogens is 1. The highest BCUT2D eigenvalue weighted by molar-refractivity contribution is 5.83. The third-order valence-electron chi connectivity index (χ3n) is 5.05. The van der Waals surface area contributed by atoms with E-state index >= 15 is 0 Å². The van der Waals surface area contributed by atoms with E-state index in [4.69, 9.17) is 0 Å². The van der Waals surface area contributed by atoms with E-state index in [-0.39, 0.29) is 0 Å². The van der Waals surface area contributed by atoms with Crippen molar-refractivity contribution in [1.29, 1.82) is 0 Å². The van der Waals surface area contributed by atoms with Crippen LogP contribution in [0.1, 0.15) is 0 Å². The van der Waals surface area contributed by atoms with Crippen molar-refractivity contribution in [2.75, 3.05) is 10.2 Å². The summed E-state index contributed by atoms with van der Waals surface area (Å²) in [6.45, 7) is 0. The fourth-order valence-corrected chi connectivity index (χ4v) is 3.62. The molecule has 0 amide bonds. The van der Waals surface area contributed by atoms with Gasteiger partial charge in [0.1, 0.15) is 0 Å². The number of para-hydroxylation sites is 2. The minimum Gasteiger partial charge on any atom is -0.356 e. The lowest BCUT2D eigenvalue weighted by molar-refractivity contribution is 1.28. The predicted molar refractivity (Wildman–Crippen MR) is 126 cm³/mol. The molecule has 5 aromatic rings. The number of nitrogens with one attached hydrogen (secondary N) is 1. The van der Waals surface area contributed by atoms with Crippen LogP contribution in [0.15, 0.2) is 121 Å². The summed E-state index contributed by atoms with van der Waals surface area (Å²) in [5.74, 6) is 0. The highest BCUT2D eigenvalue weighted by Gasteiger charge is 2.11. The molecule has 0 unspecified atom stereocenters. The molecule has 4 aromatic carbocycles. The van der Waals surface area contributed by atoms with E-state index in [9.17, 15) is 0 Å². The van der Waals surface area contributed by atoms with Crippen molar-refractivity contribution < 1.29 is 0 Å². The molecule has 1 heterocycles. The molecule has 3 heteroatoms. The third kappa shape index (κ3) is 3.74. The van der Waals surface area contributed by atoms with E-state index in [0.29, 0.717) is 0 Å². The quantitative estimate of drug-likeness (QED) is 0.339. The summed E-state index contributed by atoms with van der Waals surface area (Å²) < 4.78 is 0. The third-order valence-corrected chi connectivity index (χ3v) is 5.05. The highest BCUT2D eigenvalue weighted by Crippen LogP contribution is 2.35. The molecular formula is C27H21N3. The Labute approximate surface area is 176 Å². The van der Waals surface area contributed by atoms with Gasteiger partial charge in [0.25, 0.3) is 0 Å². The summed E-state index contributed by atoms with van der Waals surface area (Å²) in [6.07, 6.45) is 1.82. The number of fused-ring (bicyclic) bond motifs is 1. The first-order chi connectivity index (χ1) is 14.9. The molecule has 3 nitrogen and oxygen atoms in total. The predicted octanol–water partition coefficient (Wildman–Crippen LogP) is 7.45. The van der Waals surface area contributed by atoms with Crippen LogP contribution >= 0.6 is 0 Å². The number of hydrogen-bond acceptors (Lipinski definition) is 3. The van der Waals surface area contributed by atoms with Crippen LogP contribution in [-0.4, -0.2) is 4.98 Å². The van der Waals surface area contributed by atoms with E-state index < -0.39 is 0 Å². The lowest BCUT2D eigenvalue weighted by atomic mass is 10.1. The van der Waals surface area contributed by atoms with Crippen molar-refractivity contribution in [2.45, 2.75) is 0 Å². The maximum absolute atomic E-state index is 4.38. The Balaban J connectivity index is 1.44. The minimum absolute atomic E-state index is 1.000. The lowest BCUT2D eigenvalue weighted by Crippen LogP contribution is -2.09. The summed E-state index contributed by atoms with van der Waals surface area (Å²) in [6, 6.07) is 39.6. The zero-order valence-electron chi connectivity index (χ0n) is 16.4. The molecule has 0 aliphatic rings. The smallest absolute Gasteiger partial charge is 0.0703 e.